The van der Waals surface area contributed by atoms with Crippen LogP contribution < -0.4 is 0 Å². The molecule has 0 aliphatic heterocycles. The second kappa shape index (κ2) is 3.74. The van der Waals surface area contributed by atoms with Crippen LogP contribution >= 0.6 is 0 Å². The van der Waals surface area contributed by atoms with Crippen molar-refractivity contribution in [2.75, 3.05) is 0 Å². The molecule has 0 amide bonds. The highest BCUT2D eigenvalue weighted by atomic mass is 19.3. The topological polar surface area (TPSA) is 37.3 Å². The van der Waals surface area contributed by atoms with E-state index in [1.54, 1.807) is 6.07 Å². The number of aliphatic carboxylic acids is 1. The summed E-state index contributed by atoms with van der Waals surface area (Å²) in [6.07, 6.45) is 0.601. The number of aryl methyl sites for hydroxylation is 1. The Morgan fingerprint density at radius 1 is 1.50 bits per heavy atom. The van der Waals surface area contributed by atoms with E-state index in [1.807, 2.05) is 6.92 Å². The van der Waals surface area contributed by atoms with Crippen LogP contribution in [-0.4, -0.2) is 11.1 Å². The molecule has 0 bridgehead atoms. The summed E-state index contributed by atoms with van der Waals surface area (Å²) >= 11 is 0. The van der Waals surface area contributed by atoms with Crippen molar-refractivity contribution in [2.45, 2.75) is 19.3 Å². The fourth-order valence-corrected chi connectivity index (χ4v) is 1.11. The molecule has 4 heteroatoms. The number of hydrogen-bond acceptors (Lipinski definition) is 1. The zero-order chi connectivity index (χ0) is 10.8. The van der Waals surface area contributed by atoms with Gasteiger partial charge in [0.2, 0.25) is 0 Å². The van der Waals surface area contributed by atoms with Crippen molar-refractivity contribution in [2.24, 2.45) is 0 Å². The highest BCUT2D eigenvalue weighted by molar-refractivity contribution is 5.77. The maximum absolute atomic E-state index is 13.0. The summed E-state index contributed by atoms with van der Waals surface area (Å²) in [5.74, 6) is -5.92. The lowest BCUT2D eigenvalue weighted by Gasteiger charge is -2.11. The van der Waals surface area contributed by atoms with Crippen molar-refractivity contribution < 1.29 is 18.7 Å². The number of halogens is 2. The molecule has 2 nitrogen and oxygen atoms in total. The van der Waals surface area contributed by atoms with Crippen LogP contribution in [0.3, 0.4) is 0 Å². The first-order valence-corrected chi connectivity index (χ1v) is 4.19. The van der Waals surface area contributed by atoms with Crippen LogP contribution in [0.15, 0.2) is 24.3 Å². The van der Waals surface area contributed by atoms with Gasteiger partial charge >= 0.3 is 11.9 Å². The first-order valence-electron chi connectivity index (χ1n) is 4.19. The summed E-state index contributed by atoms with van der Waals surface area (Å²) < 4.78 is 26.0. The second-order valence-electron chi connectivity index (χ2n) is 2.93. The van der Waals surface area contributed by atoms with E-state index in [9.17, 15) is 13.6 Å². The van der Waals surface area contributed by atoms with Gasteiger partial charge in [0.25, 0.3) is 0 Å². The first-order chi connectivity index (χ1) is 6.48. The predicted octanol–water partition coefficient (Wildman–Crippen LogP) is 2.43. The third kappa shape index (κ3) is 1.89. The van der Waals surface area contributed by atoms with Crippen LogP contribution in [-0.2, 0) is 17.1 Å². The summed E-state index contributed by atoms with van der Waals surface area (Å²) in [5.41, 5.74) is 0.229. The van der Waals surface area contributed by atoms with Gasteiger partial charge in [0.05, 0.1) is 0 Å². The van der Waals surface area contributed by atoms with Gasteiger partial charge in [0, 0.05) is 5.56 Å². The molecule has 14 heavy (non-hydrogen) atoms. The molecule has 1 N–H and O–H groups in total. The van der Waals surface area contributed by atoms with Gasteiger partial charge < -0.3 is 5.11 Å². The number of hydrogen-bond donors (Lipinski definition) is 1. The van der Waals surface area contributed by atoms with E-state index in [0.717, 1.165) is 6.07 Å². The van der Waals surface area contributed by atoms with Crippen molar-refractivity contribution in [3.8, 4) is 0 Å². The molecule has 0 aliphatic carbocycles. The van der Waals surface area contributed by atoms with E-state index in [2.05, 4.69) is 0 Å². The molecule has 76 valence electrons. The van der Waals surface area contributed by atoms with Gasteiger partial charge in [-0.3, -0.25) is 0 Å². The molecule has 0 aromatic heterocycles. The zero-order valence-corrected chi connectivity index (χ0v) is 7.63. The van der Waals surface area contributed by atoms with Crippen LogP contribution in [0, 0.1) is 0 Å². The molecule has 1 aromatic rings. The Bertz CT molecular complexity index is 348. The fourth-order valence-electron chi connectivity index (χ4n) is 1.11. The Hall–Kier alpha value is -1.45. The molecule has 0 aliphatic rings. The van der Waals surface area contributed by atoms with Gasteiger partial charge in [-0.15, -0.1) is 0 Å². The van der Waals surface area contributed by atoms with E-state index in [0.29, 0.717) is 12.0 Å². The third-order valence-corrected chi connectivity index (χ3v) is 1.97. The van der Waals surface area contributed by atoms with Crippen molar-refractivity contribution in [1.29, 1.82) is 0 Å². The minimum atomic E-state index is -3.80. The second-order valence-corrected chi connectivity index (χ2v) is 2.93. The van der Waals surface area contributed by atoms with Crippen LogP contribution in [0.25, 0.3) is 0 Å². The van der Waals surface area contributed by atoms with Gasteiger partial charge in [-0.25, -0.2) is 4.79 Å². The summed E-state index contributed by atoms with van der Waals surface area (Å²) in [7, 11) is 0. The largest absolute Gasteiger partial charge is 0.477 e. The van der Waals surface area contributed by atoms with Gasteiger partial charge in [0.15, 0.2) is 0 Å². The van der Waals surface area contributed by atoms with Crippen LogP contribution in [0.4, 0.5) is 8.78 Å². The molecular weight excluding hydrogens is 190 g/mol. The normalized spacial score (nSPS) is 11.4. The van der Waals surface area contributed by atoms with E-state index in [-0.39, 0.29) is 0 Å². The Balaban J connectivity index is 3.12. The van der Waals surface area contributed by atoms with Crippen molar-refractivity contribution in [1.82, 2.24) is 0 Å². The number of benzene rings is 1. The predicted molar refractivity (Wildman–Crippen MR) is 47.3 cm³/mol. The maximum Gasteiger partial charge on any atom is 0.379 e. The van der Waals surface area contributed by atoms with E-state index in [1.165, 1.54) is 12.1 Å². The Labute approximate surface area is 80.2 Å². The minimum Gasteiger partial charge on any atom is -0.477 e. The van der Waals surface area contributed by atoms with Crippen molar-refractivity contribution >= 4 is 5.97 Å². The first kappa shape index (κ1) is 10.6. The summed E-state index contributed by atoms with van der Waals surface area (Å²) in [6.45, 7) is 1.82. The lowest BCUT2D eigenvalue weighted by Crippen LogP contribution is -2.25. The number of alkyl halides is 2. The maximum atomic E-state index is 13.0. The van der Waals surface area contributed by atoms with Gasteiger partial charge in [-0.1, -0.05) is 25.1 Å². The highest BCUT2D eigenvalue weighted by Gasteiger charge is 2.40. The summed E-state index contributed by atoms with van der Waals surface area (Å²) in [6, 6.07) is 5.45. The number of carboxylic acid groups (broad SMARTS) is 1. The Morgan fingerprint density at radius 2 is 2.14 bits per heavy atom. The number of carboxylic acids is 1. The smallest absolute Gasteiger partial charge is 0.379 e. The quantitative estimate of drug-likeness (QED) is 0.813. The molecule has 0 heterocycles. The molecule has 0 radical (unpaired) electrons. The van der Waals surface area contributed by atoms with Gasteiger partial charge in [-0.2, -0.15) is 8.78 Å². The van der Waals surface area contributed by atoms with Gasteiger partial charge in [-0.05, 0) is 18.1 Å². The molecule has 1 rings (SSSR count). The van der Waals surface area contributed by atoms with Crippen LogP contribution in [0.1, 0.15) is 18.1 Å². The SMILES string of the molecule is CCc1cccc(C(F)(F)C(=O)O)c1. The number of carbonyl (C=O) groups is 1. The average molecular weight is 200 g/mol. The standard InChI is InChI=1S/C10H10F2O2/c1-2-7-4-3-5-8(6-7)10(11,12)9(13)14/h3-6H,2H2,1H3,(H,13,14). The molecule has 0 saturated heterocycles. The van der Waals surface area contributed by atoms with E-state index >= 15 is 0 Å². The molecule has 0 unspecified atom stereocenters. The Kier molecular flexibility index (Phi) is 2.84. The monoisotopic (exact) mass is 200 g/mol. The van der Waals surface area contributed by atoms with Gasteiger partial charge in [0.1, 0.15) is 0 Å². The van der Waals surface area contributed by atoms with E-state index in [4.69, 9.17) is 5.11 Å². The number of rotatable bonds is 3. The van der Waals surface area contributed by atoms with Crippen LogP contribution in [0.2, 0.25) is 0 Å². The summed E-state index contributed by atoms with van der Waals surface area (Å²) in [4.78, 5) is 10.3. The summed E-state index contributed by atoms with van der Waals surface area (Å²) in [5, 5.41) is 8.31. The molecule has 0 saturated carbocycles. The Morgan fingerprint density at radius 3 is 2.64 bits per heavy atom. The van der Waals surface area contributed by atoms with Crippen molar-refractivity contribution in [3.63, 3.8) is 0 Å². The lowest BCUT2D eigenvalue weighted by molar-refractivity contribution is -0.166. The molecule has 0 spiro atoms. The minimum absolute atomic E-state index is 0.468. The zero-order valence-electron chi connectivity index (χ0n) is 7.63. The lowest BCUT2D eigenvalue weighted by atomic mass is 10.0. The third-order valence-electron chi connectivity index (χ3n) is 1.97. The fraction of sp³-hybridized carbons (Fsp3) is 0.300. The van der Waals surface area contributed by atoms with Crippen molar-refractivity contribution in [3.05, 3.63) is 35.4 Å². The molecule has 0 fully saturated rings. The molecule has 1 aromatic carbocycles. The molecule has 0 atom stereocenters. The molecular formula is C10H10F2O2. The van der Waals surface area contributed by atoms with E-state index < -0.39 is 17.5 Å². The average Bonchev–Trinajstić information content (AvgIpc) is 2.17. The van der Waals surface area contributed by atoms with Crippen LogP contribution in [0.5, 0.6) is 0 Å². The highest BCUT2D eigenvalue weighted by Crippen LogP contribution is 2.28.